The van der Waals surface area contributed by atoms with Crippen molar-refractivity contribution >= 4 is 5.70 Å². The summed E-state index contributed by atoms with van der Waals surface area (Å²) in [4.78, 5) is 6.68. The fourth-order valence-corrected chi connectivity index (χ4v) is 3.75. The van der Waals surface area contributed by atoms with E-state index in [0.29, 0.717) is 18.5 Å². The van der Waals surface area contributed by atoms with Crippen LogP contribution in [0.2, 0.25) is 0 Å². The van der Waals surface area contributed by atoms with Gasteiger partial charge < -0.3 is 9.47 Å². The van der Waals surface area contributed by atoms with Gasteiger partial charge in [-0.2, -0.15) is 0 Å². The van der Waals surface area contributed by atoms with E-state index in [1.54, 1.807) is 18.5 Å². The van der Waals surface area contributed by atoms with Gasteiger partial charge in [-0.15, -0.1) is 0 Å². The summed E-state index contributed by atoms with van der Waals surface area (Å²) in [6.07, 6.45) is 7.08. The van der Waals surface area contributed by atoms with E-state index < -0.39 is 5.92 Å². The molecule has 1 heterocycles. The van der Waals surface area contributed by atoms with E-state index in [9.17, 15) is 8.78 Å². The molecule has 0 N–H and O–H groups in total. The van der Waals surface area contributed by atoms with E-state index >= 15 is 0 Å². The summed E-state index contributed by atoms with van der Waals surface area (Å²) in [5.74, 6) is -2.16. The minimum Gasteiger partial charge on any atom is -0.363 e. The molecule has 0 radical (unpaired) electrons. The number of alkyl halides is 2. The summed E-state index contributed by atoms with van der Waals surface area (Å²) < 4.78 is 29.3. The lowest BCUT2D eigenvalue weighted by molar-refractivity contribution is 0.0173. The molecular formula is C25H39F2N3. The molecule has 168 valence electrons. The lowest BCUT2D eigenvalue weighted by Crippen LogP contribution is -2.31. The van der Waals surface area contributed by atoms with Crippen molar-refractivity contribution in [2.75, 3.05) is 0 Å². The van der Waals surface area contributed by atoms with Crippen molar-refractivity contribution in [1.29, 1.82) is 0 Å². The molecule has 2 aromatic rings. The number of imidazole rings is 1. The Morgan fingerprint density at radius 2 is 1.90 bits per heavy atom. The molecule has 1 aliphatic rings. The highest BCUT2D eigenvalue weighted by Crippen LogP contribution is 2.34. The van der Waals surface area contributed by atoms with Crippen molar-refractivity contribution in [3.8, 4) is 0 Å². The molecule has 3 nitrogen and oxygen atoms in total. The SMILES string of the molecule is C=C(c1cn(C)cn1)N(Cc1cccc(C(C)(F)F)c1)C1CCC(C)C1.CC.CC. The van der Waals surface area contributed by atoms with Crippen LogP contribution in [0, 0.1) is 5.92 Å². The van der Waals surface area contributed by atoms with Crippen molar-refractivity contribution in [3.63, 3.8) is 0 Å². The Kier molecular flexibility index (Phi) is 10.2. The van der Waals surface area contributed by atoms with E-state index in [1.807, 2.05) is 51.6 Å². The highest BCUT2D eigenvalue weighted by Gasteiger charge is 2.29. The zero-order valence-electron chi connectivity index (χ0n) is 19.8. The Hall–Kier alpha value is -2.17. The number of hydrogen-bond acceptors (Lipinski definition) is 2. The van der Waals surface area contributed by atoms with Gasteiger partial charge in [0.15, 0.2) is 0 Å². The topological polar surface area (TPSA) is 21.1 Å². The van der Waals surface area contributed by atoms with E-state index in [4.69, 9.17) is 0 Å². The maximum Gasteiger partial charge on any atom is 0.270 e. The number of rotatable bonds is 6. The number of halogens is 2. The van der Waals surface area contributed by atoms with Gasteiger partial charge >= 0.3 is 0 Å². The summed E-state index contributed by atoms with van der Waals surface area (Å²) in [6, 6.07) is 7.08. The van der Waals surface area contributed by atoms with Crippen LogP contribution in [-0.4, -0.2) is 20.5 Å². The molecule has 0 bridgehead atoms. The number of hydrogen-bond donors (Lipinski definition) is 0. The van der Waals surface area contributed by atoms with Crippen LogP contribution in [0.3, 0.4) is 0 Å². The van der Waals surface area contributed by atoms with Crippen LogP contribution in [0.5, 0.6) is 0 Å². The normalized spacial score (nSPS) is 18.0. The molecule has 0 aliphatic heterocycles. The first-order valence-corrected chi connectivity index (χ1v) is 11.1. The summed E-state index contributed by atoms with van der Waals surface area (Å²) in [5.41, 5.74) is 2.63. The molecule has 1 aromatic heterocycles. The highest BCUT2D eigenvalue weighted by atomic mass is 19.3. The molecule has 1 aromatic carbocycles. The van der Waals surface area contributed by atoms with Gasteiger partial charge in [0.05, 0.1) is 12.0 Å². The minimum atomic E-state index is -2.83. The van der Waals surface area contributed by atoms with Crippen LogP contribution in [-0.2, 0) is 19.5 Å². The molecule has 0 spiro atoms. The molecule has 1 aliphatic carbocycles. The van der Waals surface area contributed by atoms with Gasteiger partial charge in [0, 0.05) is 38.3 Å². The Labute approximate surface area is 181 Å². The van der Waals surface area contributed by atoms with E-state index in [2.05, 4.69) is 23.4 Å². The van der Waals surface area contributed by atoms with E-state index in [0.717, 1.165) is 36.7 Å². The van der Waals surface area contributed by atoms with Crippen molar-refractivity contribution < 1.29 is 8.78 Å². The zero-order chi connectivity index (χ0) is 22.9. The zero-order valence-corrected chi connectivity index (χ0v) is 19.8. The van der Waals surface area contributed by atoms with Crippen LogP contribution in [0.1, 0.15) is 77.6 Å². The first-order chi connectivity index (χ1) is 14.2. The number of aryl methyl sites for hydroxylation is 1. The first kappa shape index (κ1) is 25.9. The smallest absolute Gasteiger partial charge is 0.270 e. The fourth-order valence-electron chi connectivity index (χ4n) is 3.75. The average molecular weight is 420 g/mol. The number of benzene rings is 1. The summed E-state index contributed by atoms with van der Waals surface area (Å²) >= 11 is 0. The summed E-state index contributed by atoms with van der Waals surface area (Å²) in [7, 11) is 1.93. The molecule has 2 atom stereocenters. The van der Waals surface area contributed by atoms with Gasteiger partial charge in [-0.05, 0) is 36.8 Å². The second-order valence-corrected chi connectivity index (χ2v) is 7.66. The van der Waals surface area contributed by atoms with Crippen molar-refractivity contribution in [3.05, 3.63) is 60.2 Å². The number of nitrogens with zero attached hydrogens (tertiary/aromatic N) is 3. The predicted molar refractivity (Wildman–Crippen MR) is 123 cm³/mol. The van der Waals surface area contributed by atoms with Crippen molar-refractivity contribution in [2.24, 2.45) is 13.0 Å². The molecule has 3 rings (SSSR count). The van der Waals surface area contributed by atoms with Crippen molar-refractivity contribution in [1.82, 2.24) is 14.5 Å². The minimum absolute atomic E-state index is 0.0539. The van der Waals surface area contributed by atoms with Crippen LogP contribution in [0.4, 0.5) is 8.78 Å². The van der Waals surface area contributed by atoms with Crippen LogP contribution < -0.4 is 0 Å². The largest absolute Gasteiger partial charge is 0.363 e. The van der Waals surface area contributed by atoms with Crippen LogP contribution in [0.25, 0.3) is 5.70 Å². The lowest BCUT2D eigenvalue weighted by atomic mass is 10.0. The summed E-state index contributed by atoms with van der Waals surface area (Å²) in [6.45, 7) is 16.0. The predicted octanol–water partition coefficient (Wildman–Crippen LogP) is 7.25. The Balaban J connectivity index is 0.00000106. The fraction of sp³-hybridized carbons (Fsp3) is 0.560. The van der Waals surface area contributed by atoms with Crippen molar-refractivity contribution in [2.45, 2.75) is 79.3 Å². The van der Waals surface area contributed by atoms with E-state index in [1.165, 1.54) is 12.5 Å². The quantitative estimate of drug-likeness (QED) is 0.492. The Morgan fingerprint density at radius 3 is 2.40 bits per heavy atom. The maximum atomic E-state index is 13.7. The van der Waals surface area contributed by atoms with E-state index in [-0.39, 0.29) is 5.56 Å². The molecule has 0 saturated heterocycles. The van der Waals surface area contributed by atoms with Gasteiger partial charge in [0.2, 0.25) is 0 Å². The third-order valence-electron chi connectivity index (χ3n) is 5.24. The van der Waals surface area contributed by atoms with Gasteiger partial charge in [0.25, 0.3) is 5.92 Å². The molecule has 2 unspecified atom stereocenters. The van der Waals surface area contributed by atoms with Gasteiger partial charge in [-0.3, -0.25) is 0 Å². The average Bonchev–Trinajstić information content (AvgIpc) is 3.36. The first-order valence-electron chi connectivity index (χ1n) is 11.1. The molecule has 1 saturated carbocycles. The van der Waals surface area contributed by atoms with Crippen LogP contribution in [0.15, 0.2) is 43.4 Å². The summed E-state index contributed by atoms with van der Waals surface area (Å²) in [5, 5.41) is 0. The van der Waals surface area contributed by atoms with Gasteiger partial charge in [0.1, 0.15) is 5.69 Å². The maximum absolute atomic E-state index is 13.7. The monoisotopic (exact) mass is 419 g/mol. The molecule has 0 amide bonds. The highest BCUT2D eigenvalue weighted by molar-refractivity contribution is 5.58. The molecular weight excluding hydrogens is 380 g/mol. The number of aromatic nitrogens is 2. The van der Waals surface area contributed by atoms with Crippen LogP contribution >= 0.6 is 0 Å². The Morgan fingerprint density at radius 1 is 1.23 bits per heavy atom. The van der Waals surface area contributed by atoms with Gasteiger partial charge in [-0.1, -0.05) is 59.4 Å². The lowest BCUT2D eigenvalue weighted by Gasteiger charge is -2.32. The molecule has 30 heavy (non-hydrogen) atoms. The second kappa shape index (κ2) is 11.9. The third-order valence-corrected chi connectivity index (χ3v) is 5.24. The molecule has 1 fully saturated rings. The second-order valence-electron chi connectivity index (χ2n) is 7.66. The molecule has 5 heteroatoms. The standard InChI is InChI=1S/C21H27F2N3.2C2H6/c1-15-8-9-19(10-15)26(16(2)20-13-25(4)14-24-20)12-17-6-5-7-18(11-17)21(3,22)23;2*1-2/h5-7,11,13-15,19H,2,8-10,12H2,1,3-4H3;2*1-2H3. The third kappa shape index (κ3) is 6.96. The Bertz CT molecular complexity index is 777. The van der Waals surface area contributed by atoms with Gasteiger partial charge in [-0.25, -0.2) is 13.8 Å².